The van der Waals surface area contributed by atoms with E-state index in [1.54, 1.807) is 6.07 Å². The monoisotopic (exact) mass is 350 g/mol. The Morgan fingerprint density at radius 1 is 1.41 bits per heavy atom. The zero-order valence-corrected chi connectivity index (χ0v) is 11.7. The Morgan fingerprint density at radius 3 is 2.82 bits per heavy atom. The Bertz CT molecular complexity index is 394. The van der Waals surface area contributed by atoms with Gasteiger partial charge in [0, 0.05) is 25.8 Å². The Morgan fingerprint density at radius 2 is 2.12 bits per heavy atom. The molecule has 1 aliphatic heterocycles. The highest BCUT2D eigenvalue weighted by molar-refractivity contribution is 14.1. The van der Waals surface area contributed by atoms with Crippen molar-refractivity contribution in [3.8, 4) is 0 Å². The summed E-state index contributed by atoms with van der Waals surface area (Å²) in [6.45, 7) is 2.47. The molecule has 2 rings (SSSR count). The van der Waals surface area contributed by atoms with E-state index in [2.05, 4.69) is 5.32 Å². The largest absolute Gasteiger partial charge is 0.397 e. The number of hydrogen-bond acceptors (Lipinski definition) is 3. The molecule has 0 bridgehead atoms. The highest BCUT2D eigenvalue weighted by atomic mass is 127. The minimum absolute atomic E-state index is 0.228. The summed E-state index contributed by atoms with van der Waals surface area (Å²) in [7, 11) is 0. The third kappa shape index (κ3) is 3.45. The van der Waals surface area contributed by atoms with Crippen molar-refractivity contribution in [1.29, 1.82) is 0 Å². The third-order valence-electron chi connectivity index (χ3n) is 3.01. The number of halogens is 2. The van der Waals surface area contributed by atoms with Crippen LogP contribution in [0, 0.1) is 15.3 Å². The van der Waals surface area contributed by atoms with Crippen LogP contribution in [0.1, 0.15) is 12.8 Å². The summed E-state index contributed by atoms with van der Waals surface area (Å²) in [6, 6.07) is 3.12. The van der Waals surface area contributed by atoms with Crippen molar-refractivity contribution in [2.75, 3.05) is 30.8 Å². The lowest BCUT2D eigenvalue weighted by molar-refractivity contribution is 0.0699. The highest BCUT2D eigenvalue weighted by Gasteiger charge is 2.14. The van der Waals surface area contributed by atoms with Crippen LogP contribution in [0.4, 0.5) is 15.8 Å². The van der Waals surface area contributed by atoms with E-state index in [4.69, 9.17) is 10.5 Å². The van der Waals surface area contributed by atoms with Crippen molar-refractivity contribution in [2.45, 2.75) is 12.8 Å². The molecule has 0 atom stereocenters. The summed E-state index contributed by atoms with van der Waals surface area (Å²) in [5.41, 5.74) is 7.14. The summed E-state index contributed by atoms with van der Waals surface area (Å²) >= 11 is 1.94. The first-order chi connectivity index (χ1) is 8.16. The quantitative estimate of drug-likeness (QED) is 0.651. The molecular formula is C12H16FIN2O. The maximum absolute atomic E-state index is 13.4. The van der Waals surface area contributed by atoms with E-state index in [1.165, 1.54) is 6.07 Å². The first-order valence-electron chi connectivity index (χ1n) is 5.73. The molecule has 94 valence electrons. The molecule has 0 aromatic heterocycles. The molecule has 0 saturated carbocycles. The van der Waals surface area contributed by atoms with Gasteiger partial charge < -0.3 is 15.8 Å². The van der Waals surface area contributed by atoms with E-state index < -0.39 is 0 Å². The van der Waals surface area contributed by atoms with Gasteiger partial charge in [0.05, 0.1) is 14.9 Å². The average Bonchev–Trinajstić information content (AvgIpc) is 2.33. The Labute approximate surface area is 114 Å². The van der Waals surface area contributed by atoms with Crippen LogP contribution in [0.5, 0.6) is 0 Å². The second-order valence-corrected chi connectivity index (χ2v) is 5.45. The molecule has 3 N–H and O–H groups in total. The summed E-state index contributed by atoms with van der Waals surface area (Å²) in [4.78, 5) is 0. The lowest BCUT2D eigenvalue weighted by Gasteiger charge is -2.23. The maximum Gasteiger partial charge on any atom is 0.138 e. The number of nitrogen functional groups attached to an aromatic ring is 1. The van der Waals surface area contributed by atoms with Gasteiger partial charge in [-0.1, -0.05) is 0 Å². The normalized spacial score (nSPS) is 17.1. The predicted octanol–water partition coefficient (Wildman–Crippen LogP) is 2.85. The van der Waals surface area contributed by atoms with Gasteiger partial charge in [-0.15, -0.1) is 0 Å². The topological polar surface area (TPSA) is 47.3 Å². The van der Waals surface area contributed by atoms with Gasteiger partial charge in [-0.25, -0.2) is 4.39 Å². The van der Waals surface area contributed by atoms with Gasteiger partial charge in [0.25, 0.3) is 0 Å². The van der Waals surface area contributed by atoms with Crippen LogP contribution in [0.25, 0.3) is 0 Å². The van der Waals surface area contributed by atoms with Gasteiger partial charge >= 0.3 is 0 Å². The van der Waals surface area contributed by atoms with E-state index in [0.717, 1.165) is 32.6 Å². The van der Waals surface area contributed by atoms with Gasteiger partial charge in [-0.2, -0.15) is 0 Å². The van der Waals surface area contributed by atoms with Crippen LogP contribution < -0.4 is 11.1 Å². The number of ether oxygens (including phenoxy) is 1. The van der Waals surface area contributed by atoms with Gasteiger partial charge in [-0.05, 0) is 47.4 Å². The van der Waals surface area contributed by atoms with Gasteiger partial charge in [0.2, 0.25) is 0 Å². The fourth-order valence-corrected chi connectivity index (χ4v) is 2.41. The molecule has 3 nitrogen and oxygen atoms in total. The molecule has 5 heteroatoms. The number of hydrogen-bond donors (Lipinski definition) is 2. The van der Waals surface area contributed by atoms with Crippen molar-refractivity contribution in [2.24, 2.45) is 5.92 Å². The van der Waals surface area contributed by atoms with Crippen molar-refractivity contribution in [3.63, 3.8) is 0 Å². The number of rotatable bonds is 3. The summed E-state index contributed by atoms with van der Waals surface area (Å²) < 4.78 is 19.3. The van der Waals surface area contributed by atoms with E-state index in [-0.39, 0.29) is 5.82 Å². The SMILES string of the molecule is Nc1cc(I)c(F)cc1NCC1CCOCC1. The molecular weight excluding hydrogens is 334 g/mol. The molecule has 0 spiro atoms. The maximum atomic E-state index is 13.4. The van der Waals surface area contributed by atoms with Crippen LogP contribution in [0.2, 0.25) is 0 Å². The fourth-order valence-electron chi connectivity index (χ4n) is 1.92. The molecule has 17 heavy (non-hydrogen) atoms. The molecule has 1 heterocycles. The van der Waals surface area contributed by atoms with E-state index >= 15 is 0 Å². The second-order valence-electron chi connectivity index (χ2n) is 4.29. The smallest absolute Gasteiger partial charge is 0.138 e. The van der Waals surface area contributed by atoms with Crippen LogP contribution in [-0.4, -0.2) is 19.8 Å². The lowest BCUT2D eigenvalue weighted by Crippen LogP contribution is -2.23. The third-order valence-corrected chi connectivity index (χ3v) is 3.84. The number of anilines is 2. The van der Waals surface area contributed by atoms with Crippen LogP contribution >= 0.6 is 22.6 Å². The van der Waals surface area contributed by atoms with Gasteiger partial charge in [0.1, 0.15) is 5.82 Å². The summed E-state index contributed by atoms with van der Waals surface area (Å²) in [6.07, 6.45) is 2.11. The average molecular weight is 350 g/mol. The lowest BCUT2D eigenvalue weighted by atomic mass is 10.0. The zero-order valence-electron chi connectivity index (χ0n) is 9.51. The Kier molecular flexibility index (Phi) is 4.44. The van der Waals surface area contributed by atoms with Crippen molar-refractivity contribution < 1.29 is 9.13 Å². The minimum Gasteiger partial charge on any atom is -0.397 e. The minimum atomic E-state index is -0.228. The summed E-state index contributed by atoms with van der Waals surface area (Å²) in [5, 5.41) is 3.23. The van der Waals surface area contributed by atoms with Crippen LogP contribution in [0.3, 0.4) is 0 Å². The van der Waals surface area contributed by atoms with E-state index in [0.29, 0.717) is 20.9 Å². The van der Waals surface area contributed by atoms with Crippen molar-refractivity contribution in [3.05, 3.63) is 21.5 Å². The van der Waals surface area contributed by atoms with Gasteiger partial charge in [0.15, 0.2) is 0 Å². The molecule has 1 aliphatic rings. The highest BCUT2D eigenvalue weighted by Crippen LogP contribution is 2.25. The molecule has 0 amide bonds. The molecule has 1 aromatic carbocycles. The number of benzene rings is 1. The molecule has 1 aromatic rings. The second kappa shape index (κ2) is 5.86. The molecule has 0 unspecified atom stereocenters. The zero-order chi connectivity index (χ0) is 12.3. The van der Waals surface area contributed by atoms with Crippen molar-refractivity contribution in [1.82, 2.24) is 0 Å². The molecule has 0 radical (unpaired) electrons. The molecule has 1 saturated heterocycles. The predicted molar refractivity (Wildman–Crippen MR) is 75.6 cm³/mol. The van der Waals surface area contributed by atoms with Crippen molar-refractivity contribution >= 4 is 34.0 Å². The number of nitrogens with one attached hydrogen (secondary N) is 1. The Hall–Kier alpha value is -0.560. The van der Waals surface area contributed by atoms with Crippen LogP contribution in [-0.2, 0) is 4.74 Å². The van der Waals surface area contributed by atoms with Crippen LogP contribution in [0.15, 0.2) is 12.1 Å². The number of nitrogens with two attached hydrogens (primary N) is 1. The molecule has 1 fully saturated rings. The van der Waals surface area contributed by atoms with Gasteiger partial charge in [-0.3, -0.25) is 0 Å². The first kappa shape index (κ1) is 12.9. The van der Waals surface area contributed by atoms with E-state index in [9.17, 15) is 4.39 Å². The molecule has 0 aliphatic carbocycles. The first-order valence-corrected chi connectivity index (χ1v) is 6.81. The Balaban J connectivity index is 1.96. The summed E-state index contributed by atoms with van der Waals surface area (Å²) in [5.74, 6) is 0.361. The fraction of sp³-hybridized carbons (Fsp3) is 0.500. The standard InChI is InChI=1S/C12H16FIN2O/c13-9-5-12(11(15)6-10(9)14)16-7-8-1-3-17-4-2-8/h5-6,8,16H,1-4,7,15H2. The van der Waals surface area contributed by atoms with E-state index in [1.807, 2.05) is 22.6 Å².